The first-order chi connectivity index (χ1) is 44.5. The molecule has 30 heteroatoms. The number of H-pyrrole nitrogens is 1. The van der Waals surface area contributed by atoms with Crippen molar-refractivity contribution < 1.29 is 87.2 Å². The maximum Gasteiger partial charge on any atom is 0.253 e. The number of thioether (sulfide) groups is 1. The Morgan fingerprint density at radius 1 is 0.809 bits per heavy atom. The minimum absolute atomic E-state index is 0.00306. The minimum atomic E-state index is -1.65. The lowest BCUT2D eigenvalue weighted by Crippen LogP contribution is -2.56. The van der Waals surface area contributed by atoms with Crippen LogP contribution >= 0.6 is 11.8 Å². The van der Waals surface area contributed by atoms with E-state index in [9.17, 15) is 82.4 Å². The number of aromatic amines is 1. The Labute approximate surface area is 546 Å². The van der Waals surface area contributed by atoms with Gasteiger partial charge in [-0.2, -0.15) is 0 Å². The van der Waals surface area contributed by atoms with Gasteiger partial charge in [0.05, 0.1) is 66.5 Å². The number of aliphatic hydroxyl groups is 3. The Balaban J connectivity index is 1.18. The molecule has 0 aliphatic carbocycles. The molecule has 2 aromatic carbocycles. The summed E-state index contributed by atoms with van der Waals surface area (Å²) < 4.78 is 6.24. The number of carbonyl (C=O) groups excluding carboxylic acids is 14. The van der Waals surface area contributed by atoms with Gasteiger partial charge in [0.15, 0.2) is 17.3 Å². The molecule has 4 aliphatic rings. The molecule has 7 rings (SSSR count). The molecule has 1 saturated heterocycles. The number of fused-ring (bicyclic) bond motifs is 5. The number of nitrogens with zero attached hydrogens (tertiary/aromatic N) is 2. The topological polar surface area (TPSA) is 441 Å². The second kappa shape index (κ2) is 32.8. The summed E-state index contributed by atoms with van der Waals surface area (Å²) >= 11 is 1.01. The molecule has 508 valence electrons. The summed E-state index contributed by atoms with van der Waals surface area (Å²) in [6.45, 7) is 7.02. The third-order valence-electron chi connectivity index (χ3n) is 17.3. The van der Waals surface area contributed by atoms with Gasteiger partial charge in [0.1, 0.15) is 24.4 Å². The van der Waals surface area contributed by atoms with Gasteiger partial charge in [0.2, 0.25) is 53.2 Å². The number of amides is 11. The summed E-state index contributed by atoms with van der Waals surface area (Å²) in [6.07, 6.45) is -3.49. The van der Waals surface area contributed by atoms with Crippen LogP contribution < -0.4 is 47.7 Å². The second-order valence-electron chi connectivity index (χ2n) is 24.8. The number of hydrogen-bond acceptors (Lipinski definition) is 19. The number of imide groups is 1. The van der Waals surface area contributed by atoms with Gasteiger partial charge in [-0.15, -0.1) is 11.8 Å². The highest BCUT2D eigenvalue weighted by molar-refractivity contribution is 7.99. The highest BCUT2D eigenvalue weighted by Crippen LogP contribution is 2.36. The molecule has 2 bridgehead atoms. The first kappa shape index (κ1) is 72.6. The normalized spacial score (nSPS) is 23.8. The van der Waals surface area contributed by atoms with Crippen molar-refractivity contribution in [3.63, 3.8) is 0 Å². The molecular formula is C64H83N11O18S. The summed E-state index contributed by atoms with van der Waals surface area (Å²) in [7, 11) is 0. The molecule has 1 aromatic heterocycles. The number of carbonyl (C=O) groups is 14. The second-order valence-corrected chi connectivity index (χ2v) is 25.8. The van der Waals surface area contributed by atoms with Crippen LogP contribution in [0.15, 0.2) is 59.6 Å². The molecule has 13 N–H and O–H groups in total. The maximum atomic E-state index is 14.9. The van der Waals surface area contributed by atoms with Gasteiger partial charge < -0.3 is 72.9 Å². The summed E-state index contributed by atoms with van der Waals surface area (Å²) in [5, 5.41) is 51.2. The highest BCUT2D eigenvalue weighted by Gasteiger charge is 2.45. The molecule has 4 aliphatic heterocycles. The van der Waals surface area contributed by atoms with Gasteiger partial charge >= 0.3 is 0 Å². The van der Waals surface area contributed by atoms with Gasteiger partial charge in [-0.3, -0.25) is 72.0 Å². The Morgan fingerprint density at radius 2 is 1.48 bits per heavy atom. The van der Waals surface area contributed by atoms with Crippen LogP contribution in [-0.4, -0.2) is 193 Å². The van der Waals surface area contributed by atoms with Crippen LogP contribution in [0.3, 0.4) is 0 Å². The standard InChI is InChI=1S/C64H83N11O18S/c1-7-32(4)57-62(91)67-25-52(84)69-44-30-94-63-42(19-36(60(89)66-26-53(85)72-57)20-48(80)58(34(6)49(81)28-76)73-61(90)45-23-39(77)27-75(45)64(92)37(21-46(44)78)22-50(65)82)41-13-12-40(24-43(41)70-63)93-29-35-8-10-38(11-9-35)68-59(88)33(5)18-47(79)56(31(2)3)71-51(83)16-17-74-54(86)14-15-55(74)87/h8-15,24,31-34,36-37,39,44-45,49,56-58,70,76-77,81H,7,16-23,25-30H2,1-6H3,(H2,65,82)(H,66,89)(H,67,91)(H,68,88)(H,69,84)(H,71,83)(H,72,85)(H,73,90)/t32-,33+,34-,36+,37-,39?,44?,45-,49-,56-,57-,58-/m0/s1. The fourth-order valence-corrected chi connectivity index (χ4v) is 12.7. The molecule has 0 saturated carbocycles. The van der Waals surface area contributed by atoms with E-state index in [1.54, 1.807) is 77.1 Å². The number of ether oxygens (including phenoxy) is 1. The highest BCUT2D eigenvalue weighted by atomic mass is 32.2. The molecule has 1 fully saturated rings. The molecular weight excluding hydrogens is 1240 g/mol. The van der Waals surface area contributed by atoms with E-state index in [-0.39, 0.29) is 56.3 Å². The number of Topliss-reactive ketones (excluding diaryl/α,β-unsaturated/α-hetero) is 3. The van der Waals surface area contributed by atoms with E-state index in [0.717, 1.165) is 33.7 Å². The molecule has 11 amide bonds. The van der Waals surface area contributed by atoms with Crippen molar-refractivity contribution in [3.05, 3.63) is 65.7 Å². The Morgan fingerprint density at radius 3 is 2.13 bits per heavy atom. The van der Waals surface area contributed by atoms with Crippen molar-refractivity contribution in [3.8, 4) is 5.75 Å². The van der Waals surface area contributed by atoms with E-state index in [0.29, 0.717) is 44.9 Å². The number of hydrogen-bond donors (Lipinski definition) is 12. The molecule has 94 heavy (non-hydrogen) atoms. The minimum Gasteiger partial charge on any atom is -0.489 e. The van der Waals surface area contributed by atoms with Crippen LogP contribution in [0.25, 0.3) is 10.9 Å². The predicted octanol–water partition coefficient (Wildman–Crippen LogP) is -0.891. The number of ketones is 3. The van der Waals surface area contributed by atoms with Crippen LogP contribution in [0, 0.1) is 35.5 Å². The maximum absolute atomic E-state index is 14.9. The van der Waals surface area contributed by atoms with Crippen molar-refractivity contribution in [2.45, 2.75) is 147 Å². The molecule has 0 spiro atoms. The SMILES string of the molecule is CC[C@H](C)[C@@H]1NC(=O)CNC(=O)[C@H]2CC(=O)[C@H]([C@@H](C)[C@@H](O)CO)NC(=O)[C@@H]3CC(O)CN3C(=O)[C@H](CC(N)=O)CC(=O)C(CSc3[nH]c4cc(OCc5ccc(NC(=O)[C@H](C)CC(=O)[C@@H](NC(=O)CCN6C(=O)C=CC6=O)C(C)C)cc5)ccc4c3C2)NC(=O)CNC1=O. The predicted molar refractivity (Wildman–Crippen MR) is 338 cm³/mol. The van der Waals surface area contributed by atoms with Crippen molar-refractivity contribution in [2.24, 2.45) is 41.2 Å². The van der Waals surface area contributed by atoms with Crippen molar-refractivity contribution in [1.82, 2.24) is 46.7 Å². The largest absolute Gasteiger partial charge is 0.489 e. The summed E-state index contributed by atoms with van der Waals surface area (Å²) in [4.78, 5) is 196. The number of nitrogens with one attached hydrogen (secondary N) is 8. The molecule has 12 atom stereocenters. The number of anilines is 1. The quantitative estimate of drug-likeness (QED) is 0.0611. The Hall–Kier alpha value is -8.87. The van der Waals surface area contributed by atoms with Crippen LogP contribution in [0.2, 0.25) is 0 Å². The fraction of sp³-hybridized carbons (Fsp3) is 0.531. The van der Waals surface area contributed by atoms with Crippen LogP contribution in [0.5, 0.6) is 5.75 Å². The van der Waals surface area contributed by atoms with E-state index in [2.05, 4.69) is 42.2 Å². The van der Waals surface area contributed by atoms with Gasteiger partial charge in [-0.05, 0) is 53.6 Å². The molecule has 29 nitrogen and oxygen atoms in total. The van der Waals surface area contributed by atoms with Gasteiger partial charge in [-0.25, -0.2) is 0 Å². The zero-order valence-corrected chi connectivity index (χ0v) is 54.0. The summed E-state index contributed by atoms with van der Waals surface area (Å²) in [5.74, 6) is -16.0. The lowest BCUT2D eigenvalue weighted by Gasteiger charge is -2.32. The van der Waals surface area contributed by atoms with E-state index in [4.69, 9.17) is 10.5 Å². The number of primary amides is 1. The zero-order chi connectivity index (χ0) is 68.8. The third-order valence-corrected chi connectivity index (χ3v) is 18.5. The van der Waals surface area contributed by atoms with Crippen LogP contribution in [-0.2, 0) is 80.2 Å². The Kier molecular flexibility index (Phi) is 25.3. The molecule has 5 heterocycles. The van der Waals surface area contributed by atoms with Gasteiger partial charge in [0, 0.05) is 104 Å². The lowest BCUT2D eigenvalue weighted by molar-refractivity contribution is -0.145. The first-order valence-corrected chi connectivity index (χ1v) is 32.3. The molecule has 2 unspecified atom stereocenters. The monoisotopic (exact) mass is 1330 g/mol. The summed E-state index contributed by atoms with van der Waals surface area (Å²) in [5.41, 5.74) is 7.53. The number of nitrogens with two attached hydrogens (primary N) is 1. The van der Waals surface area contributed by atoms with Crippen LogP contribution in [0.4, 0.5) is 5.69 Å². The van der Waals surface area contributed by atoms with E-state index in [1.165, 1.54) is 6.92 Å². The van der Waals surface area contributed by atoms with E-state index >= 15 is 0 Å². The number of aromatic nitrogens is 1. The average Bonchev–Trinajstić information content (AvgIpc) is 1.63. The smallest absolute Gasteiger partial charge is 0.253 e. The fourth-order valence-electron chi connectivity index (χ4n) is 11.6. The van der Waals surface area contributed by atoms with Gasteiger partial charge in [0.25, 0.3) is 11.8 Å². The van der Waals surface area contributed by atoms with E-state index in [1.807, 2.05) is 0 Å². The zero-order valence-electron chi connectivity index (χ0n) is 53.2. The number of rotatable bonds is 20. The lowest BCUT2D eigenvalue weighted by atomic mass is 9.85. The van der Waals surface area contributed by atoms with Gasteiger partial charge in [-0.1, -0.05) is 60.1 Å². The molecule has 0 radical (unpaired) electrons. The number of aliphatic hydroxyl groups excluding tert-OH is 3. The Bertz CT molecular complexity index is 3430. The average molecular weight is 1330 g/mol. The number of benzene rings is 2. The summed E-state index contributed by atoms with van der Waals surface area (Å²) in [6, 6.07) is 4.87. The first-order valence-electron chi connectivity index (χ1n) is 31.3. The van der Waals surface area contributed by atoms with Crippen LogP contribution in [0.1, 0.15) is 97.6 Å². The van der Waals surface area contributed by atoms with Crippen molar-refractivity contribution in [2.75, 3.05) is 43.9 Å². The van der Waals surface area contributed by atoms with Crippen molar-refractivity contribution in [1.29, 1.82) is 0 Å². The van der Waals surface area contributed by atoms with E-state index < -0.39 is 194 Å². The molecule has 3 aromatic rings. The third kappa shape index (κ3) is 18.9. The van der Waals surface area contributed by atoms with Crippen molar-refractivity contribution >= 4 is 111 Å².